The molecule has 0 aromatic heterocycles. The van der Waals surface area contributed by atoms with Crippen molar-refractivity contribution in [1.29, 1.82) is 0 Å². The summed E-state index contributed by atoms with van der Waals surface area (Å²) in [6.07, 6.45) is 2.97. The van der Waals surface area contributed by atoms with Gasteiger partial charge in [0.2, 0.25) is 0 Å². The van der Waals surface area contributed by atoms with E-state index in [1.807, 2.05) is 0 Å². The summed E-state index contributed by atoms with van der Waals surface area (Å²) >= 11 is 0. The minimum absolute atomic E-state index is 0.250. The molecule has 2 aliphatic heterocycles. The molecule has 2 rings (SSSR count). The third-order valence-electron chi connectivity index (χ3n) is 2.02. The molecule has 54 valence electrons. The Kier molecular flexibility index (Phi) is 2.49. The van der Waals surface area contributed by atoms with Gasteiger partial charge in [-0.3, -0.25) is 0 Å². The SMILES string of the molecule is C1CN2CCC12.CCO. The van der Waals surface area contributed by atoms with Crippen LogP contribution in [0.3, 0.4) is 0 Å². The fourth-order valence-electron chi connectivity index (χ4n) is 1.24. The Hall–Kier alpha value is -0.0800. The summed E-state index contributed by atoms with van der Waals surface area (Å²) in [5.41, 5.74) is 0. The predicted octanol–water partition coefficient (Wildman–Crippen LogP) is 0.463. The summed E-state index contributed by atoms with van der Waals surface area (Å²) in [5.74, 6) is 0. The lowest BCUT2D eigenvalue weighted by molar-refractivity contribution is -0.00222. The van der Waals surface area contributed by atoms with Crippen LogP contribution in [0, 0.1) is 0 Å². The van der Waals surface area contributed by atoms with Crippen LogP contribution in [0.25, 0.3) is 0 Å². The minimum Gasteiger partial charge on any atom is -0.397 e. The van der Waals surface area contributed by atoms with Crippen molar-refractivity contribution in [1.82, 2.24) is 4.90 Å². The van der Waals surface area contributed by atoms with Gasteiger partial charge in [-0.05, 0) is 32.9 Å². The molecule has 2 heteroatoms. The normalized spacial score (nSPS) is 24.7. The fraction of sp³-hybridized carbons (Fsp3) is 1.00. The third-order valence-corrected chi connectivity index (χ3v) is 2.02. The molecule has 0 aliphatic carbocycles. The molecule has 0 aromatic rings. The van der Waals surface area contributed by atoms with Gasteiger partial charge in [0.15, 0.2) is 0 Å². The standard InChI is InChI=1S/C5H9N.C2H6O/c1-3-6-4-2-5(1)6;1-2-3/h5H,1-4H2;3H,2H2,1H3. The van der Waals surface area contributed by atoms with Gasteiger partial charge < -0.3 is 10.0 Å². The maximum atomic E-state index is 7.57. The number of fused-ring (bicyclic) bond motifs is 1. The molecule has 2 heterocycles. The summed E-state index contributed by atoms with van der Waals surface area (Å²) in [6, 6.07) is 1.05. The van der Waals surface area contributed by atoms with Gasteiger partial charge >= 0.3 is 0 Å². The van der Waals surface area contributed by atoms with E-state index in [-0.39, 0.29) is 6.61 Å². The van der Waals surface area contributed by atoms with Gasteiger partial charge in [0.05, 0.1) is 0 Å². The van der Waals surface area contributed by atoms with Crippen LogP contribution in [0.1, 0.15) is 19.8 Å². The molecule has 0 saturated carbocycles. The molecule has 0 unspecified atom stereocenters. The first-order valence-corrected chi connectivity index (χ1v) is 3.73. The maximum absolute atomic E-state index is 7.57. The van der Waals surface area contributed by atoms with E-state index >= 15 is 0 Å². The molecular weight excluding hydrogens is 114 g/mol. The summed E-state index contributed by atoms with van der Waals surface area (Å²) in [5, 5.41) is 7.57. The van der Waals surface area contributed by atoms with Crippen molar-refractivity contribution in [2.45, 2.75) is 25.8 Å². The molecule has 2 saturated heterocycles. The summed E-state index contributed by atoms with van der Waals surface area (Å²) in [4.78, 5) is 2.53. The molecule has 0 atom stereocenters. The van der Waals surface area contributed by atoms with Crippen LogP contribution in [0.2, 0.25) is 0 Å². The van der Waals surface area contributed by atoms with Gasteiger partial charge in [-0.2, -0.15) is 0 Å². The van der Waals surface area contributed by atoms with Gasteiger partial charge in [0, 0.05) is 12.6 Å². The van der Waals surface area contributed by atoms with Crippen LogP contribution in [-0.2, 0) is 0 Å². The van der Waals surface area contributed by atoms with E-state index in [0.29, 0.717) is 0 Å². The highest BCUT2D eigenvalue weighted by atomic mass is 16.2. The number of rotatable bonds is 0. The van der Waals surface area contributed by atoms with E-state index in [2.05, 4.69) is 4.90 Å². The average Bonchev–Trinajstić information content (AvgIpc) is 1.81. The molecule has 0 bridgehead atoms. The molecule has 2 nitrogen and oxygen atoms in total. The highest BCUT2D eigenvalue weighted by Crippen LogP contribution is 2.28. The lowest BCUT2D eigenvalue weighted by Crippen LogP contribution is -2.57. The summed E-state index contributed by atoms with van der Waals surface area (Å²) in [7, 11) is 0. The fourth-order valence-corrected chi connectivity index (χ4v) is 1.24. The number of piperidine rings is 1. The van der Waals surface area contributed by atoms with Gasteiger partial charge in [-0.1, -0.05) is 0 Å². The number of hydrogen-bond donors (Lipinski definition) is 1. The van der Waals surface area contributed by atoms with E-state index in [9.17, 15) is 0 Å². The predicted molar refractivity (Wildman–Crippen MR) is 37.4 cm³/mol. The van der Waals surface area contributed by atoms with Crippen LogP contribution >= 0.6 is 0 Å². The molecule has 0 spiro atoms. The van der Waals surface area contributed by atoms with Crippen molar-refractivity contribution >= 4 is 0 Å². The second-order valence-corrected chi connectivity index (χ2v) is 2.58. The van der Waals surface area contributed by atoms with Crippen molar-refractivity contribution in [2.24, 2.45) is 0 Å². The van der Waals surface area contributed by atoms with Crippen LogP contribution in [-0.4, -0.2) is 35.7 Å². The van der Waals surface area contributed by atoms with Crippen molar-refractivity contribution < 1.29 is 5.11 Å². The molecular formula is C7H15NO. The zero-order valence-electron chi connectivity index (χ0n) is 6.01. The van der Waals surface area contributed by atoms with E-state index in [4.69, 9.17) is 5.11 Å². The molecule has 1 N–H and O–H groups in total. The Labute approximate surface area is 56.5 Å². The average molecular weight is 129 g/mol. The van der Waals surface area contributed by atoms with E-state index in [0.717, 1.165) is 6.04 Å². The lowest BCUT2D eigenvalue weighted by Gasteiger charge is -2.50. The zero-order valence-corrected chi connectivity index (χ0v) is 6.01. The van der Waals surface area contributed by atoms with Crippen LogP contribution in [0.5, 0.6) is 0 Å². The van der Waals surface area contributed by atoms with Crippen molar-refractivity contribution in [3.63, 3.8) is 0 Å². The molecule has 0 amide bonds. The first-order valence-electron chi connectivity index (χ1n) is 3.73. The van der Waals surface area contributed by atoms with Crippen molar-refractivity contribution in [2.75, 3.05) is 19.7 Å². The summed E-state index contributed by atoms with van der Waals surface area (Å²) < 4.78 is 0. The largest absolute Gasteiger partial charge is 0.397 e. The van der Waals surface area contributed by atoms with Gasteiger partial charge in [0.25, 0.3) is 0 Å². The Morgan fingerprint density at radius 1 is 1.44 bits per heavy atom. The van der Waals surface area contributed by atoms with E-state index in [1.165, 1.54) is 25.9 Å². The van der Waals surface area contributed by atoms with E-state index < -0.39 is 0 Å². The number of hydrogen-bond acceptors (Lipinski definition) is 2. The molecule has 9 heavy (non-hydrogen) atoms. The zero-order chi connectivity index (χ0) is 6.69. The second-order valence-electron chi connectivity index (χ2n) is 2.58. The molecule has 2 fully saturated rings. The van der Waals surface area contributed by atoms with Gasteiger partial charge in [-0.25, -0.2) is 0 Å². The van der Waals surface area contributed by atoms with E-state index in [1.54, 1.807) is 6.92 Å². The van der Waals surface area contributed by atoms with Crippen molar-refractivity contribution in [3.8, 4) is 0 Å². The first-order chi connectivity index (χ1) is 4.38. The Bertz CT molecular complexity index is 67.0. The number of aliphatic hydroxyl groups is 1. The van der Waals surface area contributed by atoms with Crippen LogP contribution in [0.4, 0.5) is 0 Å². The first kappa shape index (κ1) is 7.03. The van der Waals surface area contributed by atoms with Gasteiger partial charge in [0.1, 0.15) is 0 Å². The monoisotopic (exact) mass is 129 g/mol. The maximum Gasteiger partial charge on any atom is 0.0402 e. The smallest absolute Gasteiger partial charge is 0.0402 e. The lowest BCUT2D eigenvalue weighted by atomic mass is 9.91. The van der Waals surface area contributed by atoms with Gasteiger partial charge in [-0.15, -0.1) is 0 Å². The molecule has 0 radical (unpaired) electrons. The Morgan fingerprint density at radius 2 is 1.78 bits per heavy atom. The topological polar surface area (TPSA) is 23.5 Å². The van der Waals surface area contributed by atoms with Crippen LogP contribution < -0.4 is 0 Å². The highest BCUT2D eigenvalue weighted by Gasteiger charge is 2.34. The Balaban J connectivity index is 0.000000120. The molecule has 2 aliphatic rings. The Morgan fingerprint density at radius 3 is 1.78 bits per heavy atom. The number of aliphatic hydroxyl groups excluding tert-OH is 1. The quantitative estimate of drug-likeness (QED) is 0.513. The second kappa shape index (κ2) is 3.18. The van der Waals surface area contributed by atoms with Crippen molar-refractivity contribution in [3.05, 3.63) is 0 Å². The molecule has 0 aromatic carbocycles. The minimum atomic E-state index is 0.250. The number of nitrogens with zero attached hydrogens (tertiary/aromatic N) is 1. The third kappa shape index (κ3) is 1.43. The summed E-state index contributed by atoms with van der Waals surface area (Å²) in [6.45, 7) is 4.72. The highest BCUT2D eigenvalue weighted by molar-refractivity contribution is 4.91. The van der Waals surface area contributed by atoms with Crippen LogP contribution in [0.15, 0.2) is 0 Å².